The maximum atomic E-state index is 12.9. The van der Waals surface area contributed by atoms with E-state index in [4.69, 9.17) is 0 Å². The molecule has 1 heterocycles. The number of nitrogens with one attached hydrogen (secondary N) is 1. The van der Waals surface area contributed by atoms with Crippen LogP contribution in [0.25, 0.3) is 0 Å². The van der Waals surface area contributed by atoms with Crippen LogP contribution >= 0.6 is 0 Å². The number of hydrogen-bond acceptors (Lipinski definition) is 3. The summed E-state index contributed by atoms with van der Waals surface area (Å²) in [5.74, 6) is 0.0586. The lowest BCUT2D eigenvalue weighted by Crippen LogP contribution is -2.51. The molecule has 3 aliphatic rings. The minimum absolute atomic E-state index is 0.0857. The normalized spacial score (nSPS) is 24.9. The van der Waals surface area contributed by atoms with Crippen LogP contribution in [-0.4, -0.2) is 60.9 Å². The lowest BCUT2D eigenvalue weighted by molar-refractivity contribution is -0.138. The second kappa shape index (κ2) is 9.18. The first-order chi connectivity index (χ1) is 14.8. The van der Waals surface area contributed by atoms with Crippen LogP contribution in [0.15, 0.2) is 24.3 Å². The Bertz CT molecular complexity index is 800. The first-order valence-electron chi connectivity index (χ1n) is 11.3. The number of carbonyl (C=O) groups excluding carboxylic acids is 2. The first kappa shape index (κ1) is 22.1. The lowest BCUT2D eigenvalue weighted by atomic mass is 10.1. The summed E-state index contributed by atoms with van der Waals surface area (Å²) in [5.41, 5.74) is -0.0837. The third-order valence-corrected chi connectivity index (χ3v) is 6.88. The van der Waals surface area contributed by atoms with Gasteiger partial charge in [0, 0.05) is 51.1 Å². The molecule has 2 aliphatic carbocycles. The summed E-state index contributed by atoms with van der Waals surface area (Å²) in [7, 11) is 0. The highest BCUT2D eigenvalue weighted by Crippen LogP contribution is 2.48. The fraction of sp³-hybridized carbons (Fsp3) is 0.652. The van der Waals surface area contributed by atoms with Gasteiger partial charge < -0.3 is 10.2 Å². The summed E-state index contributed by atoms with van der Waals surface area (Å²) in [4.78, 5) is 29.1. The van der Waals surface area contributed by atoms with Gasteiger partial charge in [-0.2, -0.15) is 13.2 Å². The molecule has 3 fully saturated rings. The molecule has 170 valence electrons. The van der Waals surface area contributed by atoms with E-state index in [2.05, 4.69) is 10.2 Å². The molecule has 1 aromatic rings. The van der Waals surface area contributed by atoms with E-state index in [0.717, 1.165) is 70.5 Å². The molecule has 1 N–H and O–H groups in total. The van der Waals surface area contributed by atoms with Gasteiger partial charge in [-0.05, 0) is 36.8 Å². The maximum absolute atomic E-state index is 12.9. The Labute approximate surface area is 181 Å². The van der Waals surface area contributed by atoms with Crippen LogP contribution in [0, 0.1) is 11.8 Å². The average molecular weight is 438 g/mol. The highest BCUT2D eigenvalue weighted by atomic mass is 19.4. The maximum Gasteiger partial charge on any atom is 0.416 e. The highest BCUT2D eigenvalue weighted by molar-refractivity contribution is 5.83. The Kier molecular flexibility index (Phi) is 6.55. The number of amides is 2. The number of halogens is 3. The summed E-state index contributed by atoms with van der Waals surface area (Å²) in [6.45, 7) is 4.33. The van der Waals surface area contributed by atoms with E-state index in [1.807, 2.05) is 4.90 Å². The molecule has 5 nitrogen and oxygen atoms in total. The average Bonchev–Trinajstić information content (AvgIpc) is 3.38. The Balaban J connectivity index is 1.16. The van der Waals surface area contributed by atoms with Crippen molar-refractivity contribution in [1.29, 1.82) is 0 Å². The standard InChI is InChI=1S/C23H30F3N3O2/c24-23(25,26)18-7-3-6-17(14-18)19-15-20(19)21(30)27-8-9-28-10-12-29(13-11-28)22(31)16-4-1-2-5-16/h3,6-7,14,16,19-20H,1-2,4-5,8-13,15H2,(H,27,30). The van der Waals surface area contributed by atoms with Crippen molar-refractivity contribution in [1.82, 2.24) is 15.1 Å². The van der Waals surface area contributed by atoms with E-state index in [1.54, 1.807) is 6.07 Å². The predicted octanol–water partition coefficient (Wildman–Crippen LogP) is 3.26. The summed E-state index contributed by atoms with van der Waals surface area (Å²) >= 11 is 0. The molecule has 1 aromatic carbocycles. The van der Waals surface area contributed by atoms with Crippen LogP contribution in [0.3, 0.4) is 0 Å². The molecule has 0 aromatic heterocycles. The Morgan fingerprint density at radius 3 is 2.45 bits per heavy atom. The van der Waals surface area contributed by atoms with Crippen molar-refractivity contribution in [3.8, 4) is 0 Å². The number of carbonyl (C=O) groups is 2. The molecular formula is C23H30F3N3O2. The minimum Gasteiger partial charge on any atom is -0.355 e. The van der Waals surface area contributed by atoms with E-state index >= 15 is 0 Å². The molecule has 8 heteroatoms. The fourth-order valence-electron chi connectivity index (χ4n) is 4.89. The van der Waals surface area contributed by atoms with Gasteiger partial charge in [-0.3, -0.25) is 14.5 Å². The number of piperazine rings is 1. The number of hydrogen-bond donors (Lipinski definition) is 1. The van der Waals surface area contributed by atoms with E-state index in [-0.39, 0.29) is 23.7 Å². The monoisotopic (exact) mass is 437 g/mol. The van der Waals surface area contributed by atoms with Crippen LogP contribution in [-0.2, 0) is 15.8 Å². The fourth-order valence-corrected chi connectivity index (χ4v) is 4.89. The van der Waals surface area contributed by atoms with Crippen molar-refractivity contribution >= 4 is 11.8 Å². The first-order valence-corrected chi connectivity index (χ1v) is 11.3. The molecule has 1 aliphatic heterocycles. The van der Waals surface area contributed by atoms with Gasteiger partial charge in [0.15, 0.2) is 0 Å². The van der Waals surface area contributed by atoms with Gasteiger partial charge in [0.2, 0.25) is 11.8 Å². The van der Waals surface area contributed by atoms with Gasteiger partial charge in [0.25, 0.3) is 0 Å². The van der Waals surface area contributed by atoms with Gasteiger partial charge in [-0.1, -0.05) is 31.0 Å². The Morgan fingerprint density at radius 2 is 1.77 bits per heavy atom. The SMILES string of the molecule is O=C(NCCN1CCN(C(=O)C2CCCC2)CC1)C1CC1c1cccc(C(F)(F)F)c1. The zero-order chi connectivity index (χ0) is 22.0. The molecular weight excluding hydrogens is 407 g/mol. The van der Waals surface area contributed by atoms with Crippen molar-refractivity contribution in [3.05, 3.63) is 35.4 Å². The van der Waals surface area contributed by atoms with Crippen LogP contribution < -0.4 is 5.32 Å². The molecule has 2 amide bonds. The molecule has 2 atom stereocenters. The largest absolute Gasteiger partial charge is 0.416 e. The van der Waals surface area contributed by atoms with Gasteiger partial charge >= 0.3 is 6.18 Å². The molecule has 1 saturated heterocycles. The van der Waals surface area contributed by atoms with Gasteiger partial charge in [-0.25, -0.2) is 0 Å². The van der Waals surface area contributed by atoms with E-state index in [9.17, 15) is 22.8 Å². The quantitative estimate of drug-likeness (QED) is 0.743. The molecule has 2 saturated carbocycles. The third-order valence-electron chi connectivity index (χ3n) is 6.88. The molecule has 0 radical (unpaired) electrons. The summed E-state index contributed by atoms with van der Waals surface area (Å²) in [5, 5.41) is 2.93. The zero-order valence-electron chi connectivity index (χ0n) is 17.7. The van der Waals surface area contributed by atoms with Gasteiger partial charge in [0.1, 0.15) is 0 Å². The van der Waals surface area contributed by atoms with Gasteiger partial charge in [0.05, 0.1) is 5.56 Å². The molecule has 2 unspecified atom stereocenters. The van der Waals surface area contributed by atoms with Crippen molar-refractivity contribution in [2.45, 2.75) is 44.2 Å². The van der Waals surface area contributed by atoms with E-state index < -0.39 is 11.7 Å². The summed E-state index contributed by atoms with van der Waals surface area (Å²) in [6, 6.07) is 5.29. The molecule has 0 bridgehead atoms. The summed E-state index contributed by atoms with van der Waals surface area (Å²) < 4.78 is 38.7. The minimum atomic E-state index is -4.37. The van der Waals surface area contributed by atoms with E-state index in [1.165, 1.54) is 6.07 Å². The smallest absolute Gasteiger partial charge is 0.355 e. The number of nitrogens with zero attached hydrogens (tertiary/aromatic N) is 2. The number of alkyl halides is 3. The Hall–Kier alpha value is -2.09. The Morgan fingerprint density at radius 1 is 1.06 bits per heavy atom. The topological polar surface area (TPSA) is 52.7 Å². The lowest BCUT2D eigenvalue weighted by Gasteiger charge is -2.36. The van der Waals surface area contributed by atoms with Crippen LogP contribution in [0.1, 0.15) is 49.1 Å². The van der Waals surface area contributed by atoms with Crippen LogP contribution in [0.4, 0.5) is 13.2 Å². The third kappa shape index (κ3) is 5.40. The van der Waals surface area contributed by atoms with Crippen LogP contribution in [0.5, 0.6) is 0 Å². The summed E-state index contributed by atoms with van der Waals surface area (Å²) in [6.07, 6.45) is 0.586. The number of rotatable bonds is 6. The van der Waals surface area contributed by atoms with Crippen molar-refractivity contribution in [2.24, 2.45) is 11.8 Å². The highest BCUT2D eigenvalue weighted by Gasteiger charge is 2.44. The van der Waals surface area contributed by atoms with Gasteiger partial charge in [-0.15, -0.1) is 0 Å². The second-order valence-corrected chi connectivity index (χ2v) is 9.01. The molecule has 31 heavy (non-hydrogen) atoms. The zero-order valence-corrected chi connectivity index (χ0v) is 17.7. The molecule has 0 spiro atoms. The van der Waals surface area contributed by atoms with Crippen molar-refractivity contribution in [3.63, 3.8) is 0 Å². The van der Waals surface area contributed by atoms with E-state index in [0.29, 0.717) is 24.4 Å². The van der Waals surface area contributed by atoms with Crippen molar-refractivity contribution in [2.75, 3.05) is 39.3 Å². The van der Waals surface area contributed by atoms with Crippen LogP contribution in [0.2, 0.25) is 0 Å². The molecule has 4 rings (SSSR count). The predicted molar refractivity (Wildman–Crippen MR) is 110 cm³/mol. The van der Waals surface area contributed by atoms with Crippen molar-refractivity contribution < 1.29 is 22.8 Å². The number of benzene rings is 1. The second-order valence-electron chi connectivity index (χ2n) is 9.01.